The maximum atomic E-state index is 13.1. The molecule has 0 aliphatic heterocycles. The molecule has 6 nitrogen and oxygen atoms in total. The van der Waals surface area contributed by atoms with Gasteiger partial charge in [-0.05, 0) is 49.9 Å². The first-order valence-corrected chi connectivity index (χ1v) is 10.0. The van der Waals surface area contributed by atoms with Crippen LogP contribution in [0.5, 0.6) is 0 Å². The number of aromatic nitrogens is 5. The first kappa shape index (κ1) is 18.5. The highest BCUT2D eigenvalue weighted by atomic mass is 19.1. The van der Waals surface area contributed by atoms with Gasteiger partial charge in [0.05, 0.1) is 22.9 Å². The zero-order chi connectivity index (χ0) is 20.8. The van der Waals surface area contributed by atoms with Crippen LogP contribution in [-0.4, -0.2) is 30.5 Å². The molecule has 0 radical (unpaired) electrons. The third-order valence-electron chi connectivity index (χ3n) is 5.96. The number of nitriles is 1. The minimum absolute atomic E-state index is 0.348. The number of benzene rings is 1. The molecule has 3 aromatic heterocycles. The summed E-state index contributed by atoms with van der Waals surface area (Å²) in [5.74, 6) is 1.29. The molecule has 3 heterocycles. The molecule has 5 rings (SSSR count). The van der Waals surface area contributed by atoms with E-state index in [4.69, 9.17) is 0 Å². The number of imidazole rings is 1. The Labute approximate surface area is 173 Å². The van der Waals surface area contributed by atoms with Gasteiger partial charge in [-0.15, -0.1) is 0 Å². The Morgan fingerprint density at radius 3 is 2.77 bits per heavy atom. The first-order valence-electron chi connectivity index (χ1n) is 10.0. The van der Waals surface area contributed by atoms with Crippen LogP contribution in [0.4, 0.5) is 4.39 Å². The summed E-state index contributed by atoms with van der Waals surface area (Å²) in [7, 11) is 1.99. The molecule has 0 amide bonds. The van der Waals surface area contributed by atoms with Gasteiger partial charge in [-0.3, -0.25) is 4.68 Å². The number of aryl methyl sites for hydroxylation is 2. The summed E-state index contributed by atoms with van der Waals surface area (Å²) in [6, 6.07) is 11.8. The summed E-state index contributed by atoms with van der Waals surface area (Å²) in [6.45, 7) is 2.69. The van der Waals surface area contributed by atoms with Gasteiger partial charge in [-0.1, -0.05) is 6.07 Å². The van der Waals surface area contributed by atoms with Crippen molar-refractivity contribution in [3.05, 3.63) is 54.2 Å². The van der Waals surface area contributed by atoms with Crippen LogP contribution in [-0.2, 0) is 13.6 Å². The van der Waals surface area contributed by atoms with Gasteiger partial charge in [-0.25, -0.2) is 14.4 Å². The van der Waals surface area contributed by atoms with Crippen LogP contribution in [0, 0.1) is 24.2 Å². The van der Waals surface area contributed by atoms with Crippen LogP contribution in [0.15, 0.2) is 42.7 Å². The zero-order valence-electron chi connectivity index (χ0n) is 16.9. The van der Waals surface area contributed by atoms with Crippen molar-refractivity contribution in [2.24, 2.45) is 13.0 Å². The van der Waals surface area contributed by atoms with E-state index in [2.05, 4.69) is 21.1 Å². The van der Waals surface area contributed by atoms with Gasteiger partial charge in [0.25, 0.3) is 0 Å². The van der Waals surface area contributed by atoms with E-state index in [0.29, 0.717) is 24.5 Å². The fourth-order valence-electron chi connectivity index (χ4n) is 4.11. The molecule has 0 atom stereocenters. The average molecular weight is 400 g/mol. The van der Waals surface area contributed by atoms with E-state index in [0.717, 1.165) is 45.8 Å². The molecule has 0 bridgehead atoms. The number of halogens is 1. The quantitative estimate of drug-likeness (QED) is 0.508. The Kier molecular flexibility index (Phi) is 4.35. The number of rotatable bonds is 4. The molecule has 30 heavy (non-hydrogen) atoms. The number of nitrogens with zero attached hydrogens (tertiary/aromatic N) is 6. The topological polar surface area (TPSA) is 72.3 Å². The maximum Gasteiger partial charge on any atom is 0.141 e. The summed E-state index contributed by atoms with van der Waals surface area (Å²) >= 11 is 0. The maximum absolute atomic E-state index is 13.1. The first-order chi connectivity index (χ1) is 14.5. The smallest absolute Gasteiger partial charge is 0.141 e. The molecule has 0 N–H and O–H groups in total. The van der Waals surface area contributed by atoms with Crippen molar-refractivity contribution in [2.45, 2.75) is 32.5 Å². The molecule has 0 saturated heterocycles. The fourth-order valence-corrected chi connectivity index (χ4v) is 4.11. The Balaban J connectivity index is 1.56. The monoisotopic (exact) mass is 400 g/mol. The van der Waals surface area contributed by atoms with Crippen molar-refractivity contribution < 1.29 is 4.39 Å². The molecular weight excluding hydrogens is 379 g/mol. The van der Waals surface area contributed by atoms with Gasteiger partial charge in [-0.2, -0.15) is 10.4 Å². The fraction of sp³-hybridized carbons (Fsp3) is 0.304. The second-order valence-corrected chi connectivity index (χ2v) is 8.01. The number of hydrogen-bond acceptors (Lipinski definition) is 4. The third-order valence-corrected chi connectivity index (χ3v) is 5.96. The highest BCUT2D eigenvalue weighted by Gasteiger charge is 2.29. The summed E-state index contributed by atoms with van der Waals surface area (Å²) in [4.78, 5) is 9.22. The normalized spacial score (nSPS) is 18.3. The van der Waals surface area contributed by atoms with Crippen LogP contribution in [0.25, 0.3) is 33.4 Å². The summed E-state index contributed by atoms with van der Waals surface area (Å²) in [5, 5.41) is 13.8. The van der Waals surface area contributed by atoms with Crippen LogP contribution in [0.3, 0.4) is 0 Å². The van der Waals surface area contributed by atoms with Gasteiger partial charge in [0.1, 0.15) is 23.8 Å². The summed E-state index contributed by atoms with van der Waals surface area (Å²) < 4.78 is 17.0. The van der Waals surface area contributed by atoms with E-state index in [1.165, 1.54) is 0 Å². The van der Waals surface area contributed by atoms with Gasteiger partial charge < -0.3 is 4.57 Å². The van der Waals surface area contributed by atoms with E-state index in [-0.39, 0.29) is 0 Å². The lowest BCUT2D eigenvalue weighted by atomic mass is 9.83. The minimum atomic E-state index is -0.662. The molecule has 1 aromatic carbocycles. The van der Waals surface area contributed by atoms with Gasteiger partial charge in [0.15, 0.2) is 0 Å². The van der Waals surface area contributed by atoms with E-state index >= 15 is 0 Å². The molecule has 7 heteroatoms. The average Bonchev–Trinajstić information content (AvgIpc) is 3.30. The summed E-state index contributed by atoms with van der Waals surface area (Å²) in [6.07, 6.45) is 4.35. The van der Waals surface area contributed by atoms with Crippen molar-refractivity contribution in [2.75, 3.05) is 0 Å². The number of pyridine rings is 1. The van der Waals surface area contributed by atoms with Crippen LogP contribution in [0.2, 0.25) is 0 Å². The Morgan fingerprint density at radius 2 is 2.00 bits per heavy atom. The Bertz CT molecular complexity index is 1290. The van der Waals surface area contributed by atoms with Crippen LogP contribution in [0.1, 0.15) is 24.4 Å². The predicted molar refractivity (Wildman–Crippen MR) is 112 cm³/mol. The lowest BCUT2D eigenvalue weighted by Gasteiger charge is -2.29. The largest absolute Gasteiger partial charge is 0.331 e. The van der Waals surface area contributed by atoms with Crippen molar-refractivity contribution >= 4 is 11.0 Å². The van der Waals surface area contributed by atoms with E-state index in [1.54, 1.807) is 6.07 Å². The molecule has 150 valence electrons. The summed E-state index contributed by atoms with van der Waals surface area (Å²) in [5.41, 5.74) is 5.77. The molecule has 1 aliphatic carbocycles. The molecule has 1 fully saturated rings. The molecule has 1 saturated carbocycles. The molecule has 1 aliphatic rings. The lowest BCUT2D eigenvalue weighted by Crippen LogP contribution is -2.28. The molecule has 4 aromatic rings. The Hall–Kier alpha value is -3.53. The van der Waals surface area contributed by atoms with E-state index in [1.807, 2.05) is 59.9 Å². The second kappa shape index (κ2) is 7.06. The van der Waals surface area contributed by atoms with Crippen LogP contribution >= 0.6 is 0 Å². The minimum Gasteiger partial charge on any atom is -0.331 e. The Morgan fingerprint density at radius 1 is 1.17 bits per heavy atom. The van der Waals surface area contributed by atoms with E-state index in [9.17, 15) is 9.65 Å². The SMILES string of the molecule is Cc1nc2cc(-c3nc(C#N)ccc3-c3cnn(CC4CC(F)C4)c3)ccc2n1C. The van der Waals surface area contributed by atoms with Crippen molar-refractivity contribution in [1.29, 1.82) is 5.26 Å². The highest BCUT2D eigenvalue weighted by Crippen LogP contribution is 2.34. The number of fused-ring (bicyclic) bond motifs is 1. The number of hydrogen-bond donors (Lipinski definition) is 0. The van der Waals surface area contributed by atoms with Gasteiger partial charge in [0, 0.05) is 36.5 Å². The second-order valence-electron chi connectivity index (χ2n) is 8.01. The highest BCUT2D eigenvalue weighted by molar-refractivity contribution is 5.87. The third kappa shape index (κ3) is 3.14. The van der Waals surface area contributed by atoms with E-state index < -0.39 is 6.17 Å². The van der Waals surface area contributed by atoms with Crippen molar-refractivity contribution in [3.63, 3.8) is 0 Å². The van der Waals surface area contributed by atoms with Crippen LogP contribution < -0.4 is 0 Å². The van der Waals surface area contributed by atoms with Crippen molar-refractivity contribution in [3.8, 4) is 28.5 Å². The lowest BCUT2D eigenvalue weighted by molar-refractivity contribution is 0.114. The molecule has 0 unspecified atom stereocenters. The molecular formula is C23H21FN6. The van der Waals surface area contributed by atoms with Crippen molar-refractivity contribution in [1.82, 2.24) is 24.3 Å². The predicted octanol–water partition coefficient (Wildman–Crippen LogP) is 4.43. The molecule has 0 spiro atoms. The standard InChI is InChI=1S/C23H21FN6/c1-14-27-21-9-16(3-6-22(21)29(14)2)23-20(5-4-19(10-25)28-23)17-11-26-30(13-17)12-15-7-18(24)8-15/h3-6,9,11,13,15,18H,7-8,12H2,1-2H3. The zero-order valence-corrected chi connectivity index (χ0v) is 16.9. The number of alkyl halides is 1. The van der Waals surface area contributed by atoms with Gasteiger partial charge in [0.2, 0.25) is 0 Å². The van der Waals surface area contributed by atoms with Gasteiger partial charge >= 0.3 is 0 Å².